The molecule has 2 aromatic rings. The van der Waals surface area contributed by atoms with Gasteiger partial charge in [0.15, 0.2) is 0 Å². The Bertz CT molecular complexity index is 921. The van der Waals surface area contributed by atoms with Gasteiger partial charge < -0.3 is 10.1 Å². The molecule has 144 valence electrons. The molecule has 0 aromatic heterocycles. The second-order valence-electron chi connectivity index (χ2n) is 6.11. The Balaban J connectivity index is 2.18. The van der Waals surface area contributed by atoms with Crippen LogP contribution in [-0.2, 0) is 14.8 Å². The first-order chi connectivity index (χ1) is 12.8. The maximum absolute atomic E-state index is 12.9. The van der Waals surface area contributed by atoms with Crippen LogP contribution in [0.4, 0.5) is 5.69 Å². The average molecular weight is 388 g/mol. The van der Waals surface area contributed by atoms with Crippen LogP contribution in [0.15, 0.2) is 60.0 Å². The first-order valence-electron chi connectivity index (χ1n) is 8.40. The van der Waals surface area contributed by atoms with Gasteiger partial charge in [0.2, 0.25) is 15.9 Å². The largest absolute Gasteiger partial charge is 0.497 e. The van der Waals surface area contributed by atoms with E-state index >= 15 is 0 Å². The van der Waals surface area contributed by atoms with E-state index in [0.717, 1.165) is 15.4 Å². The number of carbonyl (C=O) groups excluding carboxylic acids is 1. The van der Waals surface area contributed by atoms with Gasteiger partial charge in [-0.1, -0.05) is 12.1 Å². The zero-order valence-electron chi connectivity index (χ0n) is 15.7. The summed E-state index contributed by atoms with van der Waals surface area (Å²) in [4.78, 5) is 12.5. The fourth-order valence-corrected chi connectivity index (χ4v) is 3.84. The van der Waals surface area contributed by atoms with Crippen molar-refractivity contribution in [1.82, 2.24) is 4.31 Å². The fraction of sp³-hybridized carbons (Fsp3) is 0.250. The van der Waals surface area contributed by atoms with E-state index in [2.05, 4.69) is 11.9 Å². The molecule has 0 unspecified atom stereocenters. The molecule has 0 heterocycles. The van der Waals surface area contributed by atoms with Crippen molar-refractivity contribution in [3.63, 3.8) is 0 Å². The van der Waals surface area contributed by atoms with E-state index in [1.807, 2.05) is 26.0 Å². The van der Waals surface area contributed by atoms with Gasteiger partial charge in [-0.25, -0.2) is 8.42 Å². The van der Waals surface area contributed by atoms with E-state index in [1.165, 1.54) is 25.3 Å². The van der Waals surface area contributed by atoms with Gasteiger partial charge >= 0.3 is 0 Å². The van der Waals surface area contributed by atoms with Crippen molar-refractivity contribution in [3.8, 4) is 5.75 Å². The maximum atomic E-state index is 12.9. The molecule has 0 aliphatic carbocycles. The lowest BCUT2D eigenvalue weighted by molar-refractivity contribution is -0.116. The summed E-state index contributed by atoms with van der Waals surface area (Å²) in [5.74, 6) is 0.133. The van der Waals surface area contributed by atoms with E-state index in [1.54, 1.807) is 18.2 Å². The summed E-state index contributed by atoms with van der Waals surface area (Å²) >= 11 is 0. The van der Waals surface area contributed by atoms with Gasteiger partial charge in [0.05, 0.1) is 18.6 Å². The van der Waals surface area contributed by atoms with E-state index in [0.29, 0.717) is 11.4 Å². The molecule has 1 amide bonds. The molecule has 1 N–H and O–H groups in total. The Hall–Kier alpha value is -2.64. The SMILES string of the molecule is C=CCN(CC(=O)Nc1ccc(C)c(C)c1)S(=O)(=O)c1ccc(OC)cc1. The third-order valence-electron chi connectivity index (χ3n) is 4.14. The average Bonchev–Trinajstić information content (AvgIpc) is 2.64. The molecule has 6 nitrogen and oxygen atoms in total. The molecular weight excluding hydrogens is 364 g/mol. The van der Waals surface area contributed by atoms with Gasteiger partial charge in [-0.2, -0.15) is 4.31 Å². The Kier molecular flexibility index (Phi) is 6.76. The number of carbonyl (C=O) groups is 1. The van der Waals surface area contributed by atoms with Crippen molar-refractivity contribution in [3.05, 3.63) is 66.2 Å². The Morgan fingerprint density at radius 1 is 1.15 bits per heavy atom. The second-order valence-corrected chi connectivity index (χ2v) is 8.05. The van der Waals surface area contributed by atoms with Gasteiger partial charge in [0.1, 0.15) is 5.75 Å². The van der Waals surface area contributed by atoms with Gasteiger partial charge in [-0.3, -0.25) is 4.79 Å². The van der Waals surface area contributed by atoms with Crippen molar-refractivity contribution in [1.29, 1.82) is 0 Å². The smallest absolute Gasteiger partial charge is 0.243 e. The predicted octanol–water partition coefficient (Wildman–Crippen LogP) is 3.13. The van der Waals surface area contributed by atoms with Crippen LogP contribution in [0.5, 0.6) is 5.75 Å². The summed E-state index contributed by atoms with van der Waals surface area (Å²) < 4.78 is 31.9. The van der Waals surface area contributed by atoms with Gasteiger partial charge in [0, 0.05) is 12.2 Å². The van der Waals surface area contributed by atoms with Crippen LogP contribution in [0.3, 0.4) is 0 Å². The minimum atomic E-state index is -3.84. The summed E-state index contributed by atoms with van der Waals surface area (Å²) in [6, 6.07) is 11.6. The predicted molar refractivity (Wildman–Crippen MR) is 106 cm³/mol. The van der Waals surface area contributed by atoms with Crippen LogP contribution in [0, 0.1) is 13.8 Å². The molecule has 0 radical (unpaired) electrons. The highest BCUT2D eigenvalue weighted by atomic mass is 32.2. The van der Waals surface area contributed by atoms with Crippen LogP contribution in [0.2, 0.25) is 0 Å². The number of nitrogens with zero attached hydrogens (tertiary/aromatic N) is 1. The minimum Gasteiger partial charge on any atom is -0.497 e. The van der Waals surface area contributed by atoms with Gasteiger partial charge in [0.25, 0.3) is 0 Å². The zero-order valence-corrected chi connectivity index (χ0v) is 16.5. The van der Waals surface area contributed by atoms with Crippen molar-refractivity contribution in [2.45, 2.75) is 18.7 Å². The molecule has 2 rings (SSSR count). The molecule has 0 atom stereocenters. The molecule has 0 aliphatic heterocycles. The number of ether oxygens (including phenoxy) is 1. The minimum absolute atomic E-state index is 0.0225. The highest BCUT2D eigenvalue weighted by Gasteiger charge is 2.25. The second kappa shape index (κ2) is 8.83. The number of hydrogen-bond acceptors (Lipinski definition) is 4. The highest BCUT2D eigenvalue weighted by molar-refractivity contribution is 7.89. The van der Waals surface area contributed by atoms with Crippen molar-refractivity contribution >= 4 is 21.6 Å². The number of benzene rings is 2. The standard InChI is InChI=1S/C20H24N2O4S/c1-5-12-22(27(24,25)19-10-8-18(26-4)9-11-19)14-20(23)21-17-7-6-15(2)16(3)13-17/h5-11,13H,1,12,14H2,2-4H3,(H,21,23). The van der Waals surface area contributed by atoms with E-state index < -0.39 is 15.9 Å². The summed E-state index contributed by atoms with van der Waals surface area (Å²) in [5.41, 5.74) is 2.79. The number of amides is 1. The lowest BCUT2D eigenvalue weighted by Crippen LogP contribution is -2.38. The molecule has 0 bridgehead atoms. The third-order valence-corrected chi connectivity index (χ3v) is 5.97. The summed E-state index contributed by atoms with van der Waals surface area (Å²) in [5, 5.41) is 2.74. The summed E-state index contributed by atoms with van der Waals surface area (Å²) in [7, 11) is -2.34. The van der Waals surface area contributed by atoms with Crippen LogP contribution >= 0.6 is 0 Å². The van der Waals surface area contributed by atoms with Crippen LogP contribution in [0.25, 0.3) is 0 Å². The molecule has 0 aliphatic rings. The van der Waals surface area contributed by atoms with Crippen molar-refractivity contribution in [2.24, 2.45) is 0 Å². The van der Waals surface area contributed by atoms with Gasteiger partial charge in [-0.15, -0.1) is 6.58 Å². The third kappa shape index (κ3) is 5.18. The molecule has 2 aromatic carbocycles. The monoisotopic (exact) mass is 388 g/mol. The van der Waals surface area contributed by atoms with Crippen LogP contribution in [0.1, 0.15) is 11.1 Å². The lowest BCUT2D eigenvalue weighted by atomic mass is 10.1. The number of sulfonamides is 1. The van der Waals surface area contributed by atoms with E-state index in [4.69, 9.17) is 4.74 Å². The molecule has 0 saturated heterocycles. The lowest BCUT2D eigenvalue weighted by Gasteiger charge is -2.20. The van der Waals surface area contributed by atoms with Crippen LogP contribution in [-0.4, -0.2) is 38.8 Å². The van der Waals surface area contributed by atoms with Crippen molar-refractivity contribution < 1.29 is 17.9 Å². The number of hydrogen-bond donors (Lipinski definition) is 1. The fourth-order valence-electron chi connectivity index (χ4n) is 2.47. The Morgan fingerprint density at radius 3 is 2.37 bits per heavy atom. The first kappa shape index (κ1) is 20.7. The first-order valence-corrected chi connectivity index (χ1v) is 9.84. The Morgan fingerprint density at radius 2 is 1.81 bits per heavy atom. The summed E-state index contributed by atoms with van der Waals surface area (Å²) in [6.45, 7) is 7.23. The van der Waals surface area contributed by atoms with Crippen LogP contribution < -0.4 is 10.1 Å². The molecule has 0 saturated carbocycles. The number of rotatable bonds is 8. The quantitative estimate of drug-likeness (QED) is 0.705. The number of aryl methyl sites for hydroxylation is 2. The molecule has 0 fully saturated rings. The van der Waals surface area contributed by atoms with Gasteiger partial charge in [-0.05, 0) is 61.4 Å². The topological polar surface area (TPSA) is 75.7 Å². The summed E-state index contributed by atoms with van der Waals surface area (Å²) in [6.07, 6.45) is 1.45. The molecule has 0 spiro atoms. The maximum Gasteiger partial charge on any atom is 0.243 e. The number of methoxy groups -OCH3 is 1. The zero-order chi connectivity index (χ0) is 20.0. The van der Waals surface area contributed by atoms with Crippen molar-refractivity contribution in [2.75, 3.05) is 25.5 Å². The molecule has 7 heteroatoms. The number of anilines is 1. The Labute approximate surface area is 160 Å². The van der Waals surface area contributed by atoms with E-state index in [9.17, 15) is 13.2 Å². The number of nitrogens with one attached hydrogen (secondary N) is 1. The van der Waals surface area contributed by atoms with E-state index in [-0.39, 0.29) is 18.0 Å². The molecule has 27 heavy (non-hydrogen) atoms. The normalized spacial score (nSPS) is 11.3. The molecular formula is C20H24N2O4S. The highest BCUT2D eigenvalue weighted by Crippen LogP contribution is 2.20.